The SMILES string of the molecule is CC(C)c1cccc(C(C)C)c1NC(=O)CN(Cc1ccc(C(=O)NC2CC2)cc1)C1CC1. The van der Waals surface area contributed by atoms with E-state index in [1.54, 1.807) is 0 Å². The molecule has 0 aliphatic heterocycles. The van der Waals surface area contributed by atoms with Crippen LogP contribution in [0.3, 0.4) is 0 Å². The Morgan fingerprint density at radius 2 is 1.52 bits per heavy atom. The van der Waals surface area contributed by atoms with E-state index in [2.05, 4.69) is 61.4 Å². The highest BCUT2D eigenvalue weighted by atomic mass is 16.2. The lowest BCUT2D eigenvalue weighted by molar-refractivity contribution is -0.117. The minimum Gasteiger partial charge on any atom is -0.349 e. The second-order valence-corrected chi connectivity index (χ2v) is 10.2. The van der Waals surface area contributed by atoms with E-state index in [0.29, 0.717) is 42.6 Å². The standard InChI is InChI=1S/C28H37N3O2/c1-18(2)24-6-5-7-25(19(3)4)27(24)30-26(32)17-31(23-14-15-23)16-20-8-10-21(11-9-20)28(33)29-22-12-13-22/h5-11,18-19,22-23H,12-17H2,1-4H3,(H,29,33)(H,30,32). The predicted octanol–water partition coefficient (Wildman–Crippen LogP) is 5.43. The summed E-state index contributed by atoms with van der Waals surface area (Å²) in [6, 6.07) is 15.0. The maximum Gasteiger partial charge on any atom is 0.251 e. The molecule has 0 bridgehead atoms. The molecule has 2 amide bonds. The van der Waals surface area contributed by atoms with Crippen LogP contribution in [0.25, 0.3) is 0 Å². The molecule has 0 spiro atoms. The molecule has 2 aliphatic rings. The van der Waals surface area contributed by atoms with Gasteiger partial charge in [0.15, 0.2) is 0 Å². The first kappa shape index (κ1) is 23.5. The summed E-state index contributed by atoms with van der Waals surface area (Å²) in [6.45, 7) is 9.75. The van der Waals surface area contributed by atoms with Crippen molar-refractivity contribution in [1.29, 1.82) is 0 Å². The van der Waals surface area contributed by atoms with Crippen LogP contribution in [-0.4, -0.2) is 35.3 Å². The second kappa shape index (κ2) is 10.1. The van der Waals surface area contributed by atoms with Crippen molar-refractivity contribution in [1.82, 2.24) is 10.2 Å². The largest absolute Gasteiger partial charge is 0.349 e. The number of amides is 2. The van der Waals surface area contributed by atoms with E-state index in [4.69, 9.17) is 0 Å². The van der Waals surface area contributed by atoms with Crippen LogP contribution in [0, 0.1) is 0 Å². The molecule has 0 saturated heterocycles. The highest BCUT2D eigenvalue weighted by molar-refractivity contribution is 5.95. The molecule has 0 aromatic heterocycles. The molecule has 2 aromatic rings. The van der Waals surface area contributed by atoms with Crippen LogP contribution in [0.1, 0.15) is 92.3 Å². The van der Waals surface area contributed by atoms with Crippen LogP contribution in [0.4, 0.5) is 5.69 Å². The molecule has 0 heterocycles. The molecule has 2 fully saturated rings. The maximum absolute atomic E-state index is 13.1. The predicted molar refractivity (Wildman–Crippen MR) is 134 cm³/mol. The number of rotatable bonds is 10. The zero-order valence-corrected chi connectivity index (χ0v) is 20.4. The van der Waals surface area contributed by atoms with E-state index in [1.165, 1.54) is 11.1 Å². The molecule has 5 heteroatoms. The van der Waals surface area contributed by atoms with Crippen LogP contribution in [0.15, 0.2) is 42.5 Å². The van der Waals surface area contributed by atoms with E-state index in [0.717, 1.165) is 36.9 Å². The Kier molecular flexibility index (Phi) is 7.18. The number of anilines is 1. The molecule has 33 heavy (non-hydrogen) atoms. The average molecular weight is 448 g/mol. The minimum atomic E-state index is 0.00671. The topological polar surface area (TPSA) is 61.4 Å². The van der Waals surface area contributed by atoms with Gasteiger partial charge in [-0.15, -0.1) is 0 Å². The smallest absolute Gasteiger partial charge is 0.251 e. The fraction of sp³-hybridized carbons (Fsp3) is 0.500. The zero-order chi connectivity index (χ0) is 23.5. The van der Waals surface area contributed by atoms with Gasteiger partial charge in [0.05, 0.1) is 6.54 Å². The van der Waals surface area contributed by atoms with Gasteiger partial charge in [-0.2, -0.15) is 0 Å². The molecule has 2 saturated carbocycles. The van der Waals surface area contributed by atoms with Crippen molar-refractivity contribution in [3.63, 3.8) is 0 Å². The third-order valence-electron chi connectivity index (χ3n) is 6.56. The van der Waals surface area contributed by atoms with Gasteiger partial charge in [-0.25, -0.2) is 0 Å². The first-order valence-electron chi connectivity index (χ1n) is 12.4. The molecule has 176 valence electrons. The van der Waals surface area contributed by atoms with Gasteiger partial charge in [0.2, 0.25) is 5.91 Å². The molecule has 2 aliphatic carbocycles. The number of hydrogen-bond donors (Lipinski definition) is 2. The van der Waals surface area contributed by atoms with Crippen molar-refractivity contribution in [2.75, 3.05) is 11.9 Å². The lowest BCUT2D eigenvalue weighted by atomic mass is 9.92. The van der Waals surface area contributed by atoms with Gasteiger partial charge in [0.25, 0.3) is 5.91 Å². The Labute approximate surface area is 197 Å². The molecule has 5 nitrogen and oxygen atoms in total. The average Bonchev–Trinajstić information content (AvgIpc) is 3.68. The summed E-state index contributed by atoms with van der Waals surface area (Å²) >= 11 is 0. The van der Waals surface area contributed by atoms with Crippen molar-refractivity contribution in [2.45, 2.75) is 83.8 Å². The number of carbonyl (C=O) groups is 2. The summed E-state index contributed by atoms with van der Waals surface area (Å²) in [4.78, 5) is 27.6. The van der Waals surface area contributed by atoms with Crippen LogP contribution in [-0.2, 0) is 11.3 Å². The van der Waals surface area contributed by atoms with E-state index in [9.17, 15) is 9.59 Å². The molecule has 2 aromatic carbocycles. The third-order valence-corrected chi connectivity index (χ3v) is 6.56. The van der Waals surface area contributed by atoms with Gasteiger partial charge >= 0.3 is 0 Å². The monoisotopic (exact) mass is 447 g/mol. The van der Waals surface area contributed by atoms with E-state index < -0.39 is 0 Å². The number of hydrogen-bond acceptors (Lipinski definition) is 3. The summed E-state index contributed by atoms with van der Waals surface area (Å²) in [7, 11) is 0. The summed E-state index contributed by atoms with van der Waals surface area (Å²) in [6.07, 6.45) is 4.44. The van der Waals surface area contributed by atoms with Crippen LogP contribution >= 0.6 is 0 Å². The van der Waals surface area contributed by atoms with E-state index >= 15 is 0 Å². The van der Waals surface area contributed by atoms with E-state index in [1.807, 2.05) is 24.3 Å². The molecule has 0 unspecified atom stereocenters. The normalized spacial score (nSPS) is 15.8. The summed E-state index contributed by atoms with van der Waals surface area (Å²) < 4.78 is 0. The van der Waals surface area contributed by atoms with Gasteiger partial charge in [-0.1, -0.05) is 58.0 Å². The fourth-order valence-electron chi connectivity index (χ4n) is 4.30. The van der Waals surface area contributed by atoms with Crippen molar-refractivity contribution >= 4 is 17.5 Å². The van der Waals surface area contributed by atoms with Crippen molar-refractivity contribution in [2.24, 2.45) is 0 Å². The summed E-state index contributed by atoms with van der Waals surface area (Å²) in [5.74, 6) is 0.730. The number of carbonyl (C=O) groups excluding carboxylic acids is 2. The molecule has 0 radical (unpaired) electrons. The van der Waals surface area contributed by atoms with Gasteiger partial charge in [-0.3, -0.25) is 14.5 Å². The molecule has 0 atom stereocenters. The Morgan fingerprint density at radius 3 is 2.03 bits per heavy atom. The van der Waals surface area contributed by atoms with Crippen LogP contribution in [0.5, 0.6) is 0 Å². The van der Waals surface area contributed by atoms with Gasteiger partial charge in [-0.05, 0) is 66.3 Å². The Morgan fingerprint density at radius 1 is 0.909 bits per heavy atom. The van der Waals surface area contributed by atoms with Gasteiger partial charge < -0.3 is 10.6 Å². The quantitative estimate of drug-likeness (QED) is 0.511. The number of nitrogens with zero attached hydrogens (tertiary/aromatic N) is 1. The first-order chi connectivity index (χ1) is 15.8. The lowest BCUT2D eigenvalue weighted by Gasteiger charge is -2.24. The Balaban J connectivity index is 1.42. The minimum absolute atomic E-state index is 0.00671. The Bertz CT molecular complexity index is 962. The van der Waals surface area contributed by atoms with E-state index in [-0.39, 0.29) is 11.8 Å². The summed E-state index contributed by atoms with van der Waals surface area (Å²) in [5.41, 5.74) is 5.19. The molecular formula is C28H37N3O2. The number of para-hydroxylation sites is 1. The number of benzene rings is 2. The third kappa shape index (κ3) is 6.23. The van der Waals surface area contributed by atoms with Crippen LogP contribution < -0.4 is 10.6 Å². The Hall–Kier alpha value is -2.66. The molecule has 2 N–H and O–H groups in total. The zero-order valence-electron chi connectivity index (χ0n) is 20.4. The second-order valence-electron chi connectivity index (χ2n) is 10.2. The van der Waals surface area contributed by atoms with Crippen molar-refractivity contribution in [3.8, 4) is 0 Å². The van der Waals surface area contributed by atoms with Gasteiger partial charge in [0.1, 0.15) is 0 Å². The first-order valence-corrected chi connectivity index (χ1v) is 12.4. The van der Waals surface area contributed by atoms with Crippen molar-refractivity contribution in [3.05, 3.63) is 64.7 Å². The lowest BCUT2D eigenvalue weighted by Crippen LogP contribution is -2.35. The van der Waals surface area contributed by atoms with Crippen LogP contribution in [0.2, 0.25) is 0 Å². The van der Waals surface area contributed by atoms with Crippen molar-refractivity contribution < 1.29 is 9.59 Å². The van der Waals surface area contributed by atoms with Gasteiger partial charge in [0, 0.05) is 29.9 Å². The highest BCUT2D eigenvalue weighted by Gasteiger charge is 2.31. The maximum atomic E-state index is 13.1. The summed E-state index contributed by atoms with van der Waals surface area (Å²) in [5, 5.41) is 6.29. The highest BCUT2D eigenvalue weighted by Crippen LogP contribution is 2.33. The fourth-order valence-corrected chi connectivity index (χ4v) is 4.30. The molecular weight excluding hydrogens is 410 g/mol. The molecule has 4 rings (SSSR count). The number of nitrogens with one attached hydrogen (secondary N) is 2.